The van der Waals surface area contributed by atoms with E-state index in [1.165, 1.54) is 38.2 Å². The van der Waals surface area contributed by atoms with Gasteiger partial charge in [-0.05, 0) is 6.07 Å². The number of amides is 1. The molecule has 184 valence electrons. The molecule has 0 radical (unpaired) electrons. The second-order valence-corrected chi connectivity index (χ2v) is 9.27. The molecule has 16 heteroatoms. The van der Waals surface area contributed by atoms with E-state index in [2.05, 4.69) is 24.8 Å². The van der Waals surface area contributed by atoms with Crippen molar-refractivity contribution < 1.29 is 39.9 Å². The lowest BCUT2D eigenvalue weighted by atomic mass is 10.2. The number of hydrogen-bond donors (Lipinski definition) is 0. The lowest BCUT2D eigenvalue weighted by Gasteiger charge is -2.19. The molecule has 0 bridgehead atoms. The topological polar surface area (TPSA) is 120 Å². The molecule has 0 aliphatic rings. The van der Waals surface area contributed by atoms with Gasteiger partial charge in [-0.2, -0.15) is 27.1 Å². The molecular formula is C18H17F5N6O4S. The van der Waals surface area contributed by atoms with Crippen molar-refractivity contribution in [3.8, 4) is 17.1 Å². The predicted octanol–water partition coefficient (Wildman–Crippen LogP) is 2.26. The molecule has 0 aromatic carbocycles. The Morgan fingerprint density at radius 2 is 1.79 bits per heavy atom. The lowest BCUT2D eigenvalue weighted by molar-refractivity contribution is -0.290. The van der Waals surface area contributed by atoms with Gasteiger partial charge in [0.1, 0.15) is 5.69 Å². The van der Waals surface area contributed by atoms with Crippen LogP contribution >= 0.6 is 0 Å². The molecule has 0 aliphatic carbocycles. The molecule has 0 spiro atoms. The Balaban J connectivity index is 2.09. The van der Waals surface area contributed by atoms with Crippen LogP contribution < -0.4 is 4.74 Å². The van der Waals surface area contributed by atoms with E-state index >= 15 is 0 Å². The van der Waals surface area contributed by atoms with E-state index < -0.39 is 45.4 Å². The van der Waals surface area contributed by atoms with Gasteiger partial charge in [-0.25, -0.2) is 27.9 Å². The van der Waals surface area contributed by atoms with Gasteiger partial charge >= 0.3 is 12.1 Å². The van der Waals surface area contributed by atoms with Crippen molar-refractivity contribution in [3.05, 3.63) is 30.4 Å². The molecule has 10 nitrogen and oxygen atoms in total. The Hall–Kier alpha value is -3.43. The van der Waals surface area contributed by atoms with Crippen molar-refractivity contribution in [1.29, 1.82) is 0 Å². The van der Waals surface area contributed by atoms with E-state index in [1.807, 2.05) is 0 Å². The van der Waals surface area contributed by atoms with Crippen LogP contribution in [0.25, 0.3) is 16.9 Å². The van der Waals surface area contributed by atoms with Gasteiger partial charge in [-0.3, -0.25) is 4.79 Å². The molecule has 1 amide bonds. The van der Waals surface area contributed by atoms with Crippen LogP contribution in [-0.4, -0.2) is 82.3 Å². The van der Waals surface area contributed by atoms with Crippen molar-refractivity contribution in [1.82, 2.24) is 29.5 Å². The minimum absolute atomic E-state index is 0.00361. The van der Waals surface area contributed by atoms with Crippen LogP contribution in [0.3, 0.4) is 0 Å². The van der Waals surface area contributed by atoms with Gasteiger partial charge in [-0.15, -0.1) is 0 Å². The summed E-state index contributed by atoms with van der Waals surface area (Å²) in [5.74, 6) is -6.62. The van der Waals surface area contributed by atoms with E-state index in [0.717, 1.165) is 16.9 Å². The van der Waals surface area contributed by atoms with Crippen LogP contribution in [0.1, 0.15) is 17.4 Å². The predicted molar refractivity (Wildman–Crippen MR) is 106 cm³/mol. The number of fused-ring (bicyclic) bond motifs is 1. The minimum Gasteiger partial charge on any atom is -0.470 e. The van der Waals surface area contributed by atoms with Gasteiger partial charge < -0.3 is 9.64 Å². The molecule has 0 saturated heterocycles. The molecule has 34 heavy (non-hydrogen) atoms. The first-order valence-corrected chi connectivity index (χ1v) is 11.1. The van der Waals surface area contributed by atoms with E-state index in [4.69, 9.17) is 0 Å². The number of carbonyl (C=O) groups excluding carboxylic acids is 1. The first kappa shape index (κ1) is 25.2. The zero-order valence-electron chi connectivity index (χ0n) is 17.8. The first-order chi connectivity index (χ1) is 15.7. The number of alkyl halides is 5. The van der Waals surface area contributed by atoms with Gasteiger partial charge in [0, 0.05) is 20.3 Å². The fourth-order valence-electron chi connectivity index (χ4n) is 2.66. The van der Waals surface area contributed by atoms with E-state index in [0.29, 0.717) is 0 Å². The van der Waals surface area contributed by atoms with E-state index in [1.54, 1.807) is 0 Å². The number of carbonyl (C=O) groups is 1. The number of nitrogens with zero attached hydrogens (tertiary/aromatic N) is 6. The molecule has 0 aliphatic heterocycles. The van der Waals surface area contributed by atoms with Crippen molar-refractivity contribution in [2.75, 3.05) is 26.5 Å². The Kier molecular flexibility index (Phi) is 6.47. The fourth-order valence-corrected chi connectivity index (χ4v) is 3.65. The zero-order chi connectivity index (χ0) is 25.5. The normalized spacial score (nSPS) is 12.7. The monoisotopic (exact) mass is 508 g/mol. The van der Waals surface area contributed by atoms with Crippen LogP contribution in [0.2, 0.25) is 0 Å². The highest BCUT2D eigenvalue weighted by atomic mass is 32.2. The highest BCUT2D eigenvalue weighted by molar-refractivity contribution is 7.91. The van der Waals surface area contributed by atoms with Crippen LogP contribution in [-0.2, 0) is 9.84 Å². The quantitative estimate of drug-likeness (QED) is 0.446. The van der Waals surface area contributed by atoms with Gasteiger partial charge in [-0.1, -0.05) is 6.92 Å². The summed E-state index contributed by atoms with van der Waals surface area (Å²) in [5, 5.41) is 3.58. The van der Waals surface area contributed by atoms with E-state index in [-0.39, 0.29) is 28.4 Å². The molecular weight excluding hydrogens is 491 g/mol. The maximum atomic E-state index is 13.1. The van der Waals surface area contributed by atoms with Crippen LogP contribution in [0, 0.1) is 0 Å². The number of aromatic nitrogens is 5. The molecule has 3 aromatic rings. The summed E-state index contributed by atoms with van der Waals surface area (Å²) in [5.41, 5.74) is -0.337. The second-order valence-electron chi connectivity index (χ2n) is 7.08. The van der Waals surface area contributed by atoms with Crippen LogP contribution in [0.4, 0.5) is 22.0 Å². The Labute approximate surface area is 189 Å². The number of sulfone groups is 1. The van der Waals surface area contributed by atoms with Crippen molar-refractivity contribution in [2.45, 2.75) is 24.0 Å². The van der Waals surface area contributed by atoms with Crippen molar-refractivity contribution >= 4 is 21.4 Å². The summed E-state index contributed by atoms with van der Waals surface area (Å²) < 4.78 is 93.8. The third kappa shape index (κ3) is 4.62. The molecule has 0 atom stereocenters. The average molecular weight is 508 g/mol. The van der Waals surface area contributed by atoms with Crippen molar-refractivity contribution in [2.24, 2.45) is 0 Å². The lowest BCUT2D eigenvalue weighted by Crippen LogP contribution is -2.41. The largest absolute Gasteiger partial charge is 0.470 e. The molecule has 3 heterocycles. The minimum atomic E-state index is -5.81. The van der Waals surface area contributed by atoms with Gasteiger partial charge in [0.05, 0.1) is 29.4 Å². The smallest absolute Gasteiger partial charge is 0.456 e. The summed E-state index contributed by atoms with van der Waals surface area (Å²) in [7, 11) is -1.01. The molecule has 0 saturated carbocycles. The Morgan fingerprint density at radius 1 is 1.12 bits per heavy atom. The van der Waals surface area contributed by atoms with Gasteiger partial charge in [0.25, 0.3) is 5.91 Å². The number of ether oxygens (including phenoxy) is 1. The summed E-state index contributed by atoms with van der Waals surface area (Å²) in [6, 6.07) is 1.33. The summed E-state index contributed by atoms with van der Waals surface area (Å²) in [6.45, 7) is -0.653. The highest BCUT2D eigenvalue weighted by Crippen LogP contribution is 2.36. The average Bonchev–Trinajstić information content (AvgIpc) is 3.17. The molecule has 0 fully saturated rings. The molecule has 0 unspecified atom stereocenters. The summed E-state index contributed by atoms with van der Waals surface area (Å²) in [6.07, 6.45) is -2.89. The fraction of sp³-hybridized carbons (Fsp3) is 0.389. The Bertz CT molecular complexity index is 1320. The van der Waals surface area contributed by atoms with Gasteiger partial charge in [0.2, 0.25) is 5.88 Å². The third-order valence-electron chi connectivity index (χ3n) is 4.49. The Morgan fingerprint density at radius 3 is 2.32 bits per heavy atom. The highest BCUT2D eigenvalue weighted by Gasteiger charge is 2.58. The maximum Gasteiger partial charge on any atom is 0.456 e. The SMILES string of the molecule is CCS(=O)(=O)c1nn2c(C(=O)N(C)C)ccnc2c1-c1cnc(OCC(F)(F)C(F)(F)F)cn1. The van der Waals surface area contributed by atoms with E-state index in [9.17, 15) is 35.2 Å². The van der Waals surface area contributed by atoms with Crippen LogP contribution in [0.15, 0.2) is 29.7 Å². The summed E-state index contributed by atoms with van der Waals surface area (Å²) in [4.78, 5) is 25.4. The standard InChI is InChI=1S/C18H17F5N6O4S/c1-4-34(31,32)15-13(14-24-6-5-11(29(14)27-15)16(30)28(2)3)10-7-26-12(8-25-10)33-9-17(19,20)18(21,22)23/h5-8H,4,9H2,1-3H3. The first-order valence-electron chi connectivity index (χ1n) is 9.41. The number of halogens is 5. The summed E-state index contributed by atoms with van der Waals surface area (Å²) >= 11 is 0. The molecule has 3 rings (SSSR count). The molecule has 3 aromatic heterocycles. The van der Waals surface area contributed by atoms with Crippen LogP contribution in [0.5, 0.6) is 5.88 Å². The third-order valence-corrected chi connectivity index (χ3v) is 6.12. The second kappa shape index (κ2) is 8.73. The molecule has 0 N–H and O–H groups in total. The van der Waals surface area contributed by atoms with Gasteiger partial charge in [0.15, 0.2) is 27.1 Å². The van der Waals surface area contributed by atoms with Crippen molar-refractivity contribution in [3.63, 3.8) is 0 Å². The number of hydrogen-bond acceptors (Lipinski definition) is 8. The maximum absolute atomic E-state index is 13.1. The zero-order valence-corrected chi connectivity index (χ0v) is 18.7. The number of rotatable bonds is 7.